The molecule has 0 bridgehead atoms. The first-order valence-corrected chi connectivity index (χ1v) is 11.4. The summed E-state index contributed by atoms with van der Waals surface area (Å²) in [4.78, 5) is 19.7. The highest BCUT2D eigenvalue weighted by atomic mass is 16.5. The van der Waals surface area contributed by atoms with Crippen LogP contribution in [-0.4, -0.2) is 61.5 Å². The number of nitrogens with one attached hydrogen (secondary N) is 4. The van der Waals surface area contributed by atoms with E-state index >= 15 is 0 Å². The third-order valence-electron chi connectivity index (χ3n) is 5.86. The molecule has 2 fully saturated rings. The summed E-state index contributed by atoms with van der Waals surface area (Å²) in [5, 5.41) is 21.6. The maximum absolute atomic E-state index is 5.47. The molecule has 174 valence electrons. The van der Waals surface area contributed by atoms with Crippen LogP contribution in [0.2, 0.25) is 0 Å². The summed E-state index contributed by atoms with van der Waals surface area (Å²) in [5.74, 6) is 4.06. The molecule has 0 radical (unpaired) electrons. The molecule has 1 aliphatic heterocycles. The van der Waals surface area contributed by atoms with Gasteiger partial charge in [-0.05, 0) is 12.8 Å². The topological polar surface area (TPSA) is 146 Å². The third-order valence-corrected chi connectivity index (χ3v) is 5.86. The Bertz CT molecular complexity index is 1240. The summed E-state index contributed by atoms with van der Waals surface area (Å²) in [6.45, 7) is 4.00. The van der Waals surface area contributed by atoms with Crippen LogP contribution in [0.4, 0.5) is 23.4 Å². The maximum atomic E-state index is 5.47. The fraction of sp³-hybridized carbons (Fsp3) is 0.364. The number of hydrogen-bond acceptors (Lipinski definition) is 11. The van der Waals surface area contributed by atoms with Crippen LogP contribution in [0.15, 0.2) is 41.4 Å². The van der Waals surface area contributed by atoms with E-state index in [9.17, 15) is 0 Å². The van der Waals surface area contributed by atoms with Crippen LogP contribution in [0.1, 0.15) is 30.2 Å². The first kappa shape index (κ1) is 20.5. The van der Waals surface area contributed by atoms with E-state index in [0.717, 1.165) is 43.4 Å². The van der Waals surface area contributed by atoms with Gasteiger partial charge in [-0.3, -0.25) is 5.10 Å². The van der Waals surface area contributed by atoms with Crippen molar-refractivity contribution in [1.82, 2.24) is 40.6 Å². The number of nitrogens with zero attached hydrogens (tertiary/aromatic N) is 7. The van der Waals surface area contributed by atoms with E-state index in [2.05, 4.69) is 57.2 Å². The predicted octanol–water partition coefficient (Wildman–Crippen LogP) is 2.29. The van der Waals surface area contributed by atoms with Gasteiger partial charge in [0.15, 0.2) is 11.6 Å². The van der Waals surface area contributed by atoms with Crippen molar-refractivity contribution in [2.75, 3.05) is 41.7 Å². The van der Waals surface area contributed by atoms with Gasteiger partial charge in [0.05, 0.1) is 6.54 Å². The molecule has 4 aromatic heterocycles. The minimum Gasteiger partial charge on any atom is -0.359 e. The Morgan fingerprint density at radius 1 is 1.03 bits per heavy atom. The summed E-state index contributed by atoms with van der Waals surface area (Å²) < 4.78 is 5.47. The summed E-state index contributed by atoms with van der Waals surface area (Å²) in [5.41, 5.74) is 2.65. The van der Waals surface area contributed by atoms with Crippen molar-refractivity contribution in [3.8, 4) is 11.3 Å². The molecule has 1 saturated heterocycles. The van der Waals surface area contributed by atoms with E-state index in [0.29, 0.717) is 35.7 Å². The van der Waals surface area contributed by atoms with Crippen molar-refractivity contribution in [3.05, 3.63) is 48.4 Å². The highest BCUT2D eigenvalue weighted by Gasteiger charge is 2.25. The zero-order chi connectivity index (χ0) is 22.7. The molecule has 1 saturated carbocycles. The lowest BCUT2D eigenvalue weighted by Gasteiger charge is -2.28. The van der Waals surface area contributed by atoms with Crippen LogP contribution in [0, 0.1) is 0 Å². The number of anilines is 4. The zero-order valence-corrected chi connectivity index (χ0v) is 18.5. The Kier molecular flexibility index (Phi) is 5.47. The van der Waals surface area contributed by atoms with Gasteiger partial charge in [0.1, 0.15) is 23.7 Å². The fourth-order valence-corrected chi connectivity index (χ4v) is 3.90. The van der Waals surface area contributed by atoms with Crippen molar-refractivity contribution in [1.29, 1.82) is 0 Å². The van der Waals surface area contributed by atoms with Crippen molar-refractivity contribution in [2.45, 2.75) is 25.3 Å². The Balaban J connectivity index is 1.20. The Morgan fingerprint density at radius 2 is 1.88 bits per heavy atom. The summed E-state index contributed by atoms with van der Waals surface area (Å²) >= 11 is 0. The molecule has 6 rings (SSSR count). The molecular formula is C22H25N11O. The van der Waals surface area contributed by atoms with Gasteiger partial charge in [-0.2, -0.15) is 15.1 Å². The van der Waals surface area contributed by atoms with E-state index in [1.165, 1.54) is 24.9 Å². The van der Waals surface area contributed by atoms with Crippen LogP contribution in [0.5, 0.6) is 0 Å². The molecule has 0 amide bonds. The van der Waals surface area contributed by atoms with Gasteiger partial charge in [-0.15, -0.1) is 0 Å². The van der Waals surface area contributed by atoms with Gasteiger partial charge in [0, 0.05) is 73.9 Å². The molecule has 2 aliphatic rings. The molecule has 0 spiro atoms. The van der Waals surface area contributed by atoms with Crippen molar-refractivity contribution >= 4 is 23.4 Å². The lowest BCUT2D eigenvalue weighted by atomic mass is 10.2. The van der Waals surface area contributed by atoms with Crippen LogP contribution in [-0.2, 0) is 6.54 Å². The molecule has 0 atom stereocenters. The minimum atomic E-state index is 0.388. The molecule has 12 heteroatoms. The van der Waals surface area contributed by atoms with Crippen molar-refractivity contribution < 1.29 is 4.52 Å². The first-order valence-electron chi connectivity index (χ1n) is 11.4. The SMILES string of the molecule is c1ncc(-c2cc(CNc3nc(Nc4cc(C5CC5)[nH]n4)cc(N4CCNCC4)n3)on2)cn1. The largest absolute Gasteiger partial charge is 0.359 e. The standard InChI is InChI=1S/C22H25N11O/c1-2-14(1)17-8-20(31-30-17)27-19-9-21(33-5-3-23-4-6-33)29-22(28-19)26-12-16-7-18(32-34-16)15-10-24-13-25-11-15/h7-11,13-14,23H,1-6,12H2,(H3,26,27,28,29,30,31). The maximum Gasteiger partial charge on any atom is 0.227 e. The second-order valence-electron chi connectivity index (χ2n) is 8.44. The molecule has 12 nitrogen and oxygen atoms in total. The fourth-order valence-electron chi connectivity index (χ4n) is 3.90. The molecule has 5 heterocycles. The molecule has 0 unspecified atom stereocenters. The predicted molar refractivity (Wildman–Crippen MR) is 126 cm³/mol. The Hall–Kier alpha value is -4.06. The van der Waals surface area contributed by atoms with Gasteiger partial charge >= 0.3 is 0 Å². The number of H-pyrrole nitrogens is 1. The molecule has 4 N–H and O–H groups in total. The van der Waals surface area contributed by atoms with Gasteiger partial charge in [-0.25, -0.2) is 9.97 Å². The Labute approximate surface area is 195 Å². The molecule has 1 aliphatic carbocycles. The monoisotopic (exact) mass is 459 g/mol. The van der Waals surface area contributed by atoms with E-state index in [1.807, 2.05) is 12.1 Å². The lowest BCUT2D eigenvalue weighted by Crippen LogP contribution is -2.44. The smallest absolute Gasteiger partial charge is 0.227 e. The van der Waals surface area contributed by atoms with Gasteiger partial charge in [-0.1, -0.05) is 5.16 Å². The van der Waals surface area contributed by atoms with Gasteiger partial charge in [0.2, 0.25) is 5.95 Å². The summed E-state index contributed by atoms with van der Waals surface area (Å²) in [6, 6.07) is 5.87. The highest BCUT2D eigenvalue weighted by Crippen LogP contribution is 2.39. The number of piperazine rings is 1. The Morgan fingerprint density at radius 3 is 2.71 bits per heavy atom. The van der Waals surface area contributed by atoms with Crippen LogP contribution < -0.4 is 20.9 Å². The van der Waals surface area contributed by atoms with Crippen LogP contribution in [0.3, 0.4) is 0 Å². The average Bonchev–Trinajstić information content (AvgIpc) is 3.44. The number of rotatable bonds is 8. The lowest BCUT2D eigenvalue weighted by molar-refractivity contribution is 0.390. The number of aromatic nitrogens is 7. The van der Waals surface area contributed by atoms with Gasteiger partial charge < -0.3 is 25.4 Å². The van der Waals surface area contributed by atoms with Crippen LogP contribution in [0.25, 0.3) is 11.3 Å². The quantitative estimate of drug-likeness (QED) is 0.308. The first-order chi connectivity index (χ1) is 16.8. The third kappa shape index (κ3) is 4.66. The van der Waals surface area contributed by atoms with E-state index in [1.54, 1.807) is 12.4 Å². The molecular weight excluding hydrogens is 434 g/mol. The number of aromatic amines is 1. The average molecular weight is 460 g/mol. The van der Waals surface area contributed by atoms with E-state index in [4.69, 9.17) is 9.51 Å². The molecule has 4 aromatic rings. The summed E-state index contributed by atoms with van der Waals surface area (Å²) in [7, 11) is 0. The van der Waals surface area contributed by atoms with Gasteiger partial charge in [0.25, 0.3) is 0 Å². The normalized spacial score (nSPS) is 15.9. The molecule has 34 heavy (non-hydrogen) atoms. The zero-order valence-electron chi connectivity index (χ0n) is 18.5. The van der Waals surface area contributed by atoms with Crippen molar-refractivity contribution in [3.63, 3.8) is 0 Å². The van der Waals surface area contributed by atoms with Crippen LogP contribution >= 0.6 is 0 Å². The summed E-state index contributed by atoms with van der Waals surface area (Å²) in [6.07, 6.45) is 7.32. The number of hydrogen-bond donors (Lipinski definition) is 4. The van der Waals surface area contributed by atoms with E-state index < -0.39 is 0 Å². The minimum absolute atomic E-state index is 0.388. The van der Waals surface area contributed by atoms with Crippen molar-refractivity contribution in [2.24, 2.45) is 0 Å². The molecule has 0 aromatic carbocycles. The second kappa shape index (κ2) is 9.06. The highest BCUT2D eigenvalue weighted by molar-refractivity contribution is 5.60. The van der Waals surface area contributed by atoms with E-state index in [-0.39, 0.29) is 0 Å². The second-order valence-corrected chi connectivity index (χ2v) is 8.44.